The summed E-state index contributed by atoms with van der Waals surface area (Å²) in [6, 6.07) is 29.9. The molecule has 2 saturated heterocycles. The highest BCUT2D eigenvalue weighted by atomic mass is 79.9. The van der Waals surface area contributed by atoms with Gasteiger partial charge in [-0.05, 0) is 207 Å². The molecule has 11 aromatic rings. The van der Waals surface area contributed by atoms with Crippen molar-refractivity contribution in [1.29, 1.82) is 0 Å². The number of halogens is 5. The van der Waals surface area contributed by atoms with Gasteiger partial charge in [-0.15, -0.1) is 45.3 Å². The van der Waals surface area contributed by atoms with E-state index in [1.807, 2.05) is 126 Å². The third kappa shape index (κ3) is 22.8. The van der Waals surface area contributed by atoms with Crippen LogP contribution in [0.1, 0.15) is 112 Å². The van der Waals surface area contributed by atoms with Crippen molar-refractivity contribution in [3.8, 4) is 22.5 Å². The molecule has 0 amide bonds. The Labute approximate surface area is 650 Å². The second-order valence-electron chi connectivity index (χ2n) is 24.2. The van der Waals surface area contributed by atoms with Crippen LogP contribution in [0.15, 0.2) is 137 Å². The van der Waals surface area contributed by atoms with Crippen LogP contribution in [0, 0.1) is 33.6 Å². The monoisotopic (exact) mass is 1690 g/mol. The maximum Gasteiger partial charge on any atom is 0.639 e. The van der Waals surface area contributed by atoms with Gasteiger partial charge in [-0.3, -0.25) is 28.5 Å². The lowest BCUT2D eigenvalue weighted by Crippen LogP contribution is -2.42. The van der Waals surface area contributed by atoms with E-state index >= 15 is 0 Å². The number of aromatic nitrogens is 5. The summed E-state index contributed by atoms with van der Waals surface area (Å²) in [6.45, 7) is 17.0. The van der Waals surface area contributed by atoms with E-state index in [1.54, 1.807) is 36.9 Å². The summed E-state index contributed by atoms with van der Waals surface area (Å²) in [5.74, 6) is -0.354. The molecule has 3 fully saturated rings. The Bertz CT molecular complexity index is 4890. The Morgan fingerprint density at radius 1 is 0.712 bits per heavy atom. The van der Waals surface area contributed by atoms with E-state index in [4.69, 9.17) is 73.4 Å². The number of anilines is 1. The van der Waals surface area contributed by atoms with E-state index in [1.165, 1.54) is 57.5 Å². The third-order valence-corrected chi connectivity index (χ3v) is 23.1. The summed E-state index contributed by atoms with van der Waals surface area (Å²) in [5, 5.41) is 44.2. The van der Waals surface area contributed by atoms with Crippen molar-refractivity contribution in [2.45, 2.75) is 111 Å². The quantitative estimate of drug-likeness (QED) is 0.0276. The van der Waals surface area contributed by atoms with Crippen molar-refractivity contribution in [2.24, 2.45) is 11.1 Å². The van der Waals surface area contributed by atoms with Crippen molar-refractivity contribution in [3.63, 3.8) is 0 Å². The minimum atomic E-state index is -4.10. The Morgan fingerprint density at radius 3 is 1.77 bits per heavy atom. The van der Waals surface area contributed by atoms with Gasteiger partial charge >= 0.3 is 24.7 Å². The molecule has 33 heteroatoms. The van der Waals surface area contributed by atoms with Crippen LogP contribution in [-0.4, -0.2) is 132 Å². The number of nitrogens with one attached hydrogen (secondary N) is 1. The number of nitrogens with zero attached hydrogens (tertiary/aromatic N) is 5. The minimum Gasteiger partial charge on any atom is -0.423 e. The van der Waals surface area contributed by atoms with Gasteiger partial charge < -0.3 is 43.9 Å². The van der Waals surface area contributed by atoms with E-state index in [-0.39, 0.29) is 48.6 Å². The van der Waals surface area contributed by atoms with Gasteiger partial charge in [0.15, 0.2) is 18.9 Å². The maximum absolute atomic E-state index is 13.6. The normalized spacial score (nSPS) is 17.2. The van der Waals surface area contributed by atoms with Crippen LogP contribution >= 0.6 is 112 Å². The molecule has 1 saturated carbocycles. The molecule has 1 aliphatic carbocycles. The van der Waals surface area contributed by atoms with Crippen LogP contribution in [0.4, 0.5) is 5.82 Å². The highest BCUT2D eigenvalue weighted by Crippen LogP contribution is 2.39. The third-order valence-electron chi connectivity index (χ3n) is 16.1. The fourth-order valence-corrected chi connectivity index (χ4v) is 16.8. The van der Waals surface area contributed by atoms with Crippen molar-refractivity contribution >= 4 is 199 Å². The molecule has 2 aliphatic heterocycles. The fourth-order valence-electron chi connectivity index (χ4n) is 11.2. The predicted octanol–water partition coefficient (Wildman–Crippen LogP) is 16.1. The number of aldehydes is 2. The number of aliphatic hydroxyl groups excluding tert-OH is 1. The van der Waals surface area contributed by atoms with Gasteiger partial charge in [0, 0.05) is 121 Å². The number of thiophene rings is 4. The molecular formula is C71H72B2Br2Cl3N7O14S5. The molecule has 546 valence electrons. The van der Waals surface area contributed by atoms with Gasteiger partial charge in [-0.1, -0.05) is 53.0 Å². The summed E-state index contributed by atoms with van der Waals surface area (Å²) < 4.78 is 55.8. The van der Waals surface area contributed by atoms with Gasteiger partial charge in [0.1, 0.15) is 16.7 Å². The van der Waals surface area contributed by atoms with Crippen LogP contribution in [0.5, 0.6) is 0 Å². The molecule has 5 atom stereocenters. The van der Waals surface area contributed by atoms with E-state index in [9.17, 15) is 27.9 Å². The smallest absolute Gasteiger partial charge is 0.423 e. The van der Waals surface area contributed by atoms with Gasteiger partial charge in [0.05, 0.1) is 62.4 Å². The number of ether oxygens (including phenoxy) is 2. The molecule has 104 heavy (non-hydrogen) atoms. The number of fused-ring (bicyclic) bond motifs is 3. The number of rotatable bonds is 15. The number of hydrogen-bond acceptors (Lipinski definition) is 24. The highest BCUT2D eigenvalue weighted by molar-refractivity contribution is 9.10. The van der Waals surface area contributed by atoms with Gasteiger partial charge in [0.25, 0.3) is 0 Å². The number of carbonyl (C=O) groups excluding carboxylic acids is 3. The molecule has 3 aliphatic rings. The Hall–Kier alpha value is -5.91. The summed E-state index contributed by atoms with van der Waals surface area (Å²) >= 11 is 30.8. The lowest BCUT2D eigenvalue weighted by Gasteiger charge is -2.30. The number of carbonyl (C=O) groups is 3. The van der Waals surface area contributed by atoms with Crippen LogP contribution in [0.25, 0.3) is 54.8 Å². The first kappa shape index (κ1) is 82.2. The van der Waals surface area contributed by atoms with E-state index in [2.05, 4.69) is 79.3 Å². The second kappa shape index (κ2) is 38.3. The van der Waals surface area contributed by atoms with E-state index in [0.29, 0.717) is 68.3 Å². The van der Waals surface area contributed by atoms with E-state index < -0.39 is 36.8 Å². The Kier molecular flexibility index (Phi) is 30.2. The number of aliphatic hydroxyl groups is 1. The highest BCUT2D eigenvalue weighted by Gasteiger charge is 2.36. The molecular weight excluding hydrogens is 1620 g/mol. The van der Waals surface area contributed by atoms with Gasteiger partial charge in [-0.25, -0.2) is 20.1 Å². The molecule has 8 aromatic heterocycles. The molecule has 14 rings (SSSR count). The fraction of sp³-hybridized carbons (Fsp3) is 0.296. The minimum absolute atomic E-state index is 0.125. The summed E-state index contributed by atoms with van der Waals surface area (Å²) in [5.41, 5.74) is 4.16. The number of hydrogen-bond donors (Lipinski definition) is 5. The summed E-state index contributed by atoms with van der Waals surface area (Å²) in [4.78, 5) is 63.1. The average Bonchev–Trinajstić information content (AvgIpc) is 1.40. The first-order chi connectivity index (χ1) is 49.5. The van der Waals surface area contributed by atoms with Crippen molar-refractivity contribution in [3.05, 3.63) is 197 Å². The molecule has 3 aromatic carbocycles. The van der Waals surface area contributed by atoms with E-state index in [0.717, 1.165) is 101 Å². The SMILES string of the molecule is CC(C)OB1OC(C)CC(C)O1.Cc1sc(C(=O)c2cncnc2N[C@@H]2C[C@H](COS(N)(=O)=O)[C@@H](O)C2)cc1-c1nccc2ccc(Cl)cc12.Cc1sc(C2OCCO2)cc1Br.Cc1sc(C=O)cc1-c1nccc2ccc(Cl)cc12.Cc1sc(C=O)cc1B(O)O.Clc1ccc2ccnc(Br)c2c1. The summed E-state index contributed by atoms with van der Waals surface area (Å²) in [7, 11) is -6.04. The number of nitrogens with two attached hydrogens (primary N) is 1. The zero-order valence-corrected chi connectivity index (χ0v) is 66.8. The molecule has 10 heterocycles. The number of benzene rings is 3. The van der Waals surface area contributed by atoms with Crippen molar-refractivity contribution in [2.75, 3.05) is 25.1 Å². The molecule has 2 unspecified atom stereocenters. The first-order valence-electron chi connectivity index (χ1n) is 32.3. The molecule has 21 nitrogen and oxygen atoms in total. The Balaban J connectivity index is 0.000000158. The van der Waals surface area contributed by atoms with Crippen LogP contribution in [0.3, 0.4) is 0 Å². The van der Waals surface area contributed by atoms with Gasteiger partial charge in [-0.2, -0.15) is 8.42 Å². The lowest BCUT2D eigenvalue weighted by atomic mass is 9.80. The topological polar surface area (TPSA) is 304 Å². The zero-order chi connectivity index (χ0) is 75.1. The largest absolute Gasteiger partial charge is 0.639 e. The van der Waals surface area contributed by atoms with Crippen LogP contribution in [-0.2, 0) is 37.9 Å². The standard InChI is InChI=1S/C25H24ClN5O5S2.C15H10ClNOS.C9H5BrClN.C8H17BO3.C8H9BrO2S.C6H7BO3S/c1-13-18(23-19-7-16(26)3-2-14(19)4-5-29-23)9-22(37-13)24(33)20-10-28-12-30-25(20)31-17-6-15(21(32)8-17)11-36-38(27,34)35;1-9-13(7-12(8-18)19-9)15-14-6-11(16)3-2-10(14)4-5-17-15;10-9-8-5-7(11)2-1-6(8)3-4-12-9;1-6(2)10-9-11-7(3)5-8(4)12-9;1-5-6(9)4-7(12-5)8-10-2-3-11-8;1-4-6(7(9)10)2-5(3-8)11-4/h2-5,7,9-10,12,15,17,21,32H,6,8,11H2,1H3,(H2,27,34,35)(H,28,30,31);2-8H,1H3;1-5H;6-8H,5H2,1-4H3;4,8H,2-3H2,1H3;2-3,9-10H,1H3/t15-,17-,21+;;;;;/m1...../s1. The zero-order valence-electron chi connectivity index (χ0n) is 57.3. The van der Waals surface area contributed by atoms with Gasteiger partial charge in [0.2, 0.25) is 5.78 Å². The molecule has 0 bridgehead atoms. The predicted molar refractivity (Wildman–Crippen MR) is 423 cm³/mol. The lowest BCUT2D eigenvalue weighted by molar-refractivity contribution is -0.0413. The summed E-state index contributed by atoms with van der Waals surface area (Å²) in [6.07, 6.45) is 11.0. The Morgan fingerprint density at radius 2 is 1.25 bits per heavy atom. The number of aryl methyl sites for hydroxylation is 4. The molecule has 0 radical (unpaired) electrons. The molecule has 0 spiro atoms. The number of ketones is 1. The van der Waals surface area contributed by atoms with Crippen LogP contribution < -0.4 is 15.9 Å². The van der Waals surface area contributed by atoms with Crippen molar-refractivity contribution in [1.82, 2.24) is 24.9 Å². The van der Waals surface area contributed by atoms with Crippen molar-refractivity contribution < 1.29 is 65.6 Å². The maximum atomic E-state index is 13.6. The molecule has 6 N–H and O–H groups in total. The number of pyridine rings is 3. The second-order valence-corrected chi connectivity index (χ2v) is 33.5. The first-order valence-corrected chi connectivity index (χ1v) is 39.8. The van der Waals surface area contributed by atoms with Crippen LogP contribution in [0.2, 0.25) is 15.1 Å². The average molecular weight is 1700 g/mol.